The van der Waals surface area contributed by atoms with Gasteiger partial charge in [-0.2, -0.15) is 0 Å². The Bertz CT molecular complexity index is 1050. The lowest BCUT2D eigenvalue weighted by Crippen LogP contribution is -2.24. The lowest BCUT2D eigenvalue weighted by Gasteiger charge is -2.22. The van der Waals surface area contributed by atoms with Crippen molar-refractivity contribution < 1.29 is 4.79 Å². The molecule has 1 heterocycles. The topological polar surface area (TPSA) is 44.0 Å². The van der Waals surface area contributed by atoms with Crippen LogP contribution < -0.4 is 5.69 Å². The molecule has 0 radical (unpaired) electrons. The molecule has 0 saturated heterocycles. The van der Waals surface area contributed by atoms with Gasteiger partial charge in [-0.3, -0.25) is 13.9 Å². The zero-order valence-electron chi connectivity index (χ0n) is 17.2. The molecule has 29 heavy (non-hydrogen) atoms. The van der Waals surface area contributed by atoms with E-state index in [1.807, 2.05) is 25.3 Å². The molecule has 3 aromatic rings. The molecule has 0 amide bonds. The van der Waals surface area contributed by atoms with Gasteiger partial charge in [-0.25, -0.2) is 4.79 Å². The van der Waals surface area contributed by atoms with Crippen molar-refractivity contribution in [2.45, 2.75) is 58.4 Å². The summed E-state index contributed by atoms with van der Waals surface area (Å²) in [6.07, 6.45) is 8.53. The van der Waals surface area contributed by atoms with Gasteiger partial charge < -0.3 is 0 Å². The fourth-order valence-electron chi connectivity index (χ4n) is 4.42. The highest BCUT2D eigenvalue weighted by Crippen LogP contribution is 2.32. The average Bonchev–Trinajstić information content (AvgIpc) is 3.02. The first-order valence-corrected chi connectivity index (χ1v) is 10.5. The number of aryl methyl sites for hydroxylation is 1. The van der Waals surface area contributed by atoms with E-state index in [1.165, 1.54) is 37.7 Å². The normalized spacial score (nSPS) is 14.8. The number of benzene rings is 2. The summed E-state index contributed by atoms with van der Waals surface area (Å²) in [5.41, 5.74) is 4.82. The minimum absolute atomic E-state index is 0.0230. The molecule has 0 bridgehead atoms. The first kappa shape index (κ1) is 19.4. The van der Waals surface area contributed by atoms with Crippen LogP contribution in [0.5, 0.6) is 0 Å². The van der Waals surface area contributed by atoms with Crippen molar-refractivity contribution in [3.05, 3.63) is 87.6 Å². The summed E-state index contributed by atoms with van der Waals surface area (Å²) < 4.78 is 3.45. The highest BCUT2D eigenvalue weighted by molar-refractivity contribution is 5.94. The Kier molecular flexibility index (Phi) is 5.52. The Labute approximate surface area is 171 Å². The summed E-state index contributed by atoms with van der Waals surface area (Å²) in [5, 5.41) is 0. The zero-order chi connectivity index (χ0) is 20.4. The Balaban J connectivity index is 1.55. The third-order valence-corrected chi connectivity index (χ3v) is 6.07. The molecule has 0 unspecified atom stereocenters. The number of aromatic nitrogens is 2. The van der Waals surface area contributed by atoms with Gasteiger partial charge in [-0.1, -0.05) is 43.5 Å². The maximum Gasteiger partial charge on any atom is 0.333 e. The summed E-state index contributed by atoms with van der Waals surface area (Å²) in [5.74, 6) is 0.719. The standard InChI is InChI=1S/C25H28N2O2/c1-18-16-26(25(29)27(18)24-14-12-21(13-15-24)19(2)28)17-20-8-10-23(11-9-20)22-6-4-3-5-7-22/h8-16,22H,3-7,17H2,1-2H3. The monoisotopic (exact) mass is 388 g/mol. The van der Waals surface area contributed by atoms with Crippen LogP contribution in [0.3, 0.4) is 0 Å². The van der Waals surface area contributed by atoms with Gasteiger partial charge in [0.15, 0.2) is 5.78 Å². The minimum atomic E-state index is -0.0607. The van der Waals surface area contributed by atoms with E-state index in [9.17, 15) is 9.59 Å². The van der Waals surface area contributed by atoms with Crippen molar-refractivity contribution in [3.63, 3.8) is 0 Å². The SMILES string of the molecule is CC(=O)c1ccc(-n2c(C)cn(Cc3ccc(C4CCCCC4)cc3)c2=O)cc1. The van der Waals surface area contributed by atoms with Gasteiger partial charge in [0.1, 0.15) is 0 Å². The van der Waals surface area contributed by atoms with Crippen LogP contribution in [-0.2, 0) is 6.54 Å². The molecule has 1 aromatic heterocycles. The summed E-state index contributed by atoms with van der Waals surface area (Å²) in [6, 6.07) is 16.0. The van der Waals surface area contributed by atoms with Gasteiger partial charge in [0.2, 0.25) is 0 Å². The second-order valence-corrected chi connectivity index (χ2v) is 8.20. The van der Waals surface area contributed by atoms with Crippen molar-refractivity contribution >= 4 is 5.78 Å². The highest BCUT2D eigenvalue weighted by Gasteiger charge is 2.15. The van der Waals surface area contributed by atoms with Crippen molar-refractivity contribution in [1.29, 1.82) is 0 Å². The van der Waals surface area contributed by atoms with Gasteiger partial charge in [0.25, 0.3) is 0 Å². The first-order valence-electron chi connectivity index (χ1n) is 10.5. The molecule has 0 aliphatic heterocycles. The largest absolute Gasteiger partial charge is 0.333 e. The number of nitrogens with zero attached hydrogens (tertiary/aromatic N) is 2. The molecule has 4 rings (SSSR count). The molecule has 1 aliphatic rings. The van der Waals surface area contributed by atoms with E-state index in [2.05, 4.69) is 24.3 Å². The van der Waals surface area contributed by atoms with Crippen LogP contribution in [0.25, 0.3) is 5.69 Å². The Morgan fingerprint density at radius 2 is 1.62 bits per heavy atom. The third-order valence-electron chi connectivity index (χ3n) is 6.07. The van der Waals surface area contributed by atoms with Gasteiger partial charge in [0, 0.05) is 17.5 Å². The molecule has 1 saturated carbocycles. The van der Waals surface area contributed by atoms with Crippen LogP contribution in [0.4, 0.5) is 0 Å². The van der Waals surface area contributed by atoms with Gasteiger partial charge in [-0.05, 0) is 68.0 Å². The fourth-order valence-corrected chi connectivity index (χ4v) is 4.42. The minimum Gasteiger partial charge on any atom is -0.295 e. The summed E-state index contributed by atoms with van der Waals surface area (Å²) >= 11 is 0. The van der Waals surface area contributed by atoms with E-state index in [1.54, 1.807) is 28.2 Å². The van der Waals surface area contributed by atoms with Crippen LogP contribution in [0.1, 0.15) is 72.1 Å². The quantitative estimate of drug-likeness (QED) is 0.561. The van der Waals surface area contributed by atoms with E-state index >= 15 is 0 Å². The van der Waals surface area contributed by atoms with Crippen LogP contribution in [0.15, 0.2) is 59.5 Å². The van der Waals surface area contributed by atoms with Crippen LogP contribution in [0.2, 0.25) is 0 Å². The van der Waals surface area contributed by atoms with Crippen molar-refractivity contribution in [2.24, 2.45) is 0 Å². The maximum absolute atomic E-state index is 13.0. The van der Waals surface area contributed by atoms with E-state index in [-0.39, 0.29) is 11.5 Å². The molecule has 4 nitrogen and oxygen atoms in total. The predicted octanol–water partition coefficient (Wildman–Crippen LogP) is 5.25. The summed E-state index contributed by atoms with van der Waals surface area (Å²) in [7, 11) is 0. The zero-order valence-corrected chi connectivity index (χ0v) is 17.2. The van der Waals surface area contributed by atoms with Crippen LogP contribution in [-0.4, -0.2) is 14.9 Å². The van der Waals surface area contributed by atoms with Gasteiger partial charge in [-0.15, -0.1) is 0 Å². The molecule has 0 N–H and O–H groups in total. The number of ketones is 1. The second kappa shape index (κ2) is 8.24. The van der Waals surface area contributed by atoms with Gasteiger partial charge in [0.05, 0.1) is 12.2 Å². The molecule has 4 heteroatoms. The predicted molar refractivity (Wildman–Crippen MR) is 116 cm³/mol. The number of carbonyl (C=O) groups is 1. The van der Waals surface area contributed by atoms with E-state index in [0.29, 0.717) is 18.0 Å². The fraction of sp³-hybridized carbons (Fsp3) is 0.360. The van der Waals surface area contributed by atoms with E-state index < -0.39 is 0 Å². The molecule has 0 atom stereocenters. The molecule has 1 fully saturated rings. The summed E-state index contributed by atoms with van der Waals surface area (Å²) in [4.78, 5) is 24.5. The number of rotatable bonds is 5. The number of hydrogen-bond acceptors (Lipinski definition) is 2. The first-order chi connectivity index (χ1) is 14.0. The van der Waals surface area contributed by atoms with Gasteiger partial charge >= 0.3 is 5.69 Å². The third kappa shape index (κ3) is 4.12. The van der Waals surface area contributed by atoms with Crippen molar-refractivity contribution in [1.82, 2.24) is 9.13 Å². The molecular weight excluding hydrogens is 360 g/mol. The maximum atomic E-state index is 13.0. The number of hydrogen-bond donors (Lipinski definition) is 0. The molecule has 2 aromatic carbocycles. The van der Waals surface area contributed by atoms with E-state index in [4.69, 9.17) is 0 Å². The lowest BCUT2D eigenvalue weighted by molar-refractivity contribution is 0.101. The second-order valence-electron chi connectivity index (χ2n) is 8.20. The Morgan fingerprint density at radius 3 is 2.24 bits per heavy atom. The number of carbonyl (C=O) groups excluding carboxylic acids is 1. The van der Waals surface area contributed by atoms with Crippen LogP contribution in [0, 0.1) is 6.92 Å². The Hall–Kier alpha value is -2.88. The smallest absolute Gasteiger partial charge is 0.295 e. The average molecular weight is 389 g/mol. The molecular formula is C25H28N2O2. The van der Waals surface area contributed by atoms with Crippen molar-refractivity contribution in [2.75, 3.05) is 0 Å². The Morgan fingerprint density at radius 1 is 0.966 bits per heavy atom. The van der Waals surface area contributed by atoms with Crippen LogP contribution >= 0.6 is 0 Å². The van der Waals surface area contributed by atoms with Crippen molar-refractivity contribution in [3.8, 4) is 5.69 Å². The number of imidazole rings is 1. The summed E-state index contributed by atoms with van der Waals surface area (Å²) in [6.45, 7) is 4.04. The molecule has 0 spiro atoms. The highest BCUT2D eigenvalue weighted by atomic mass is 16.1. The molecule has 1 aliphatic carbocycles. The molecule has 150 valence electrons. The number of Topliss-reactive ketones (excluding diaryl/α,β-unsaturated/α-hetero) is 1. The lowest BCUT2D eigenvalue weighted by atomic mass is 9.84. The van der Waals surface area contributed by atoms with E-state index in [0.717, 1.165) is 16.9 Å².